The standard InChI is InChI=1S/C15H18O/c1-9-6-10(2)8-11(7-9)15(16)14-12-4-3-5-13(12)14/h6-8,12-14H,3-5H2,1-2H3. The second-order valence-corrected chi connectivity index (χ2v) is 5.53. The maximum atomic E-state index is 12.3. The normalized spacial score (nSPS) is 31.2. The van der Waals surface area contributed by atoms with Crippen LogP contribution in [-0.2, 0) is 0 Å². The highest BCUT2D eigenvalue weighted by molar-refractivity contribution is 6.00. The predicted octanol–water partition coefficient (Wildman–Crippen LogP) is 3.53. The van der Waals surface area contributed by atoms with Gasteiger partial charge < -0.3 is 0 Å². The molecule has 0 saturated heterocycles. The third-order valence-corrected chi connectivity index (χ3v) is 4.22. The first-order chi connectivity index (χ1) is 7.66. The number of ketones is 1. The van der Waals surface area contributed by atoms with Gasteiger partial charge >= 0.3 is 0 Å². The lowest BCUT2D eigenvalue weighted by molar-refractivity contribution is 0.0951. The molecular formula is C15H18O. The molecule has 0 amide bonds. The molecule has 1 nitrogen and oxygen atoms in total. The van der Waals surface area contributed by atoms with E-state index in [2.05, 4.69) is 19.9 Å². The fourth-order valence-corrected chi connectivity index (χ4v) is 3.52. The van der Waals surface area contributed by atoms with Gasteiger partial charge in [-0.1, -0.05) is 23.6 Å². The summed E-state index contributed by atoms with van der Waals surface area (Å²) in [6, 6.07) is 6.22. The number of aryl methyl sites for hydroxylation is 2. The van der Waals surface area contributed by atoms with E-state index in [4.69, 9.17) is 0 Å². The van der Waals surface area contributed by atoms with Crippen LogP contribution in [0.2, 0.25) is 0 Å². The zero-order chi connectivity index (χ0) is 11.3. The summed E-state index contributed by atoms with van der Waals surface area (Å²) in [4.78, 5) is 12.3. The minimum atomic E-state index is 0.370. The van der Waals surface area contributed by atoms with E-state index < -0.39 is 0 Å². The molecule has 1 heteroatoms. The van der Waals surface area contributed by atoms with Crippen molar-refractivity contribution in [2.75, 3.05) is 0 Å². The number of hydrogen-bond acceptors (Lipinski definition) is 1. The summed E-state index contributed by atoms with van der Waals surface area (Å²) in [5.41, 5.74) is 3.35. The van der Waals surface area contributed by atoms with Gasteiger partial charge in [0, 0.05) is 11.5 Å². The number of fused-ring (bicyclic) bond motifs is 1. The molecule has 1 aromatic rings. The lowest BCUT2D eigenvalue weighted by Crippen LogP contribution is -2.06. The average molecular weight is 214 g/mol. The summed E-state index contributed by atoms with van der Waals surface area (Å²) in [6.07, 6.45) is 3.91. The van der Waals surface area contributed by atoms with E-state index in [-0.39, 0.29) is 0 Å². The lowest BCUT2D eigenvalue weighted by Gasteiger charge is -2.05. The predicted molar refractivity (Wildman–Crippen MR) is 64.6 cm³/mol. The number of carbonyl (C=O) groups is 1. The Bertz CT molecular complexity index is 416. The summed E-state index contributed by atoms with van der Waals surface area (Å²) in [5, 5.41) is 0. The second-order valence-electron chi connectivity index (χ2n) is 5.53. The zero-order valence-electron chi connectivity index (χ0n) is 9.99. The van der Waals surface area contributed by atoms with Gasteiger partial charge in [-0.2, -0.15) is 0 Å². The molecule has 0 bridgehead atoms. The Balaban J connectivity index is 1.84. The Hall–Kier alpha value is -1.11. The quantitative estimate of drug-likeness (QED) is 0.688. The van der Waals surface area contributed by atoms with Gasteiger partial charge in [-0.25, -0.2) is 0 Å². The van der Waals surface area contributed by atoms with Crippen LogP contribution in [0.5, 0.6) is 0 Å². The number of benzene rings is 1. The molecule has 84 valence electrons. The summed E-state index contributed by atoms with van der Waals surface area (Å²) >= 11 is 0. The van der Waals surface area contributed by atoms with Crippen molar-refractivity contribution in [2.24, 2.45) is 17.8 Å². The molecule has 0 heterocycles. The van der Waals surface area contributed by atoms with Crippen molar-refractivity contribution in [3.63, 3.8) is 0 Å². The van der Waals surface area contributed by atoms with Crippen molar-refractivity contribution in [2.45, 2.75) is 33.1 Å². The molecule has 0 N–H and O–H groups in total. The van der Waals surface area contributed by atoms with Crippen LogP contribution in [0.25, 0.3) is 0 Å². The van der Waals surface area contributed by atoms with E-state index in [0.29, 0.717) is 11.7 Å². The van der Waals surface area contributed by atoms with E-state index in [0.717, 1.165) is 17.4 Å². The fourth-order valence-electron chi connectivity index (χ4n) is 3.52. The molecular weight excluding hydrogens is 196 g/mol. The van der Waals surface area contributed by atoms with Gasteiger partial charge in [0.2, 0.25) is 0 Å². The monoisotopic (exact) mass is 214 g/mol. The van der Waals surface area contributed by atoms with Crippen LogP contribution in [0.1, 0.15) is 40.7 Å². The average Bonchev–Trinajstić information content (AvgIpc) is 2.68. The summed E-state index contributed by atoms with van der Waals surface area (Å²) < 4.78 is 0. The van der Waals surface area contributed by atoms with Crippen LogP contribution in [-0.4, -0.2) is 5.78 Å². The minimum absolute atomic E-state index is 0.370. The van der Waals surface area contributed by atoms with Crippen molar-refractivity contribution in [1.29, 1.82) is 0 Å². The molecule has 2 aliphatic carbocycles. The number of Topliss-reactive ketones (excluding diaryl/α,β-unsaturated/α-hetero) is 1. The molecule has 0 aliphatic heterocycles. The number of hydrogen-bond donors (Lipinski definition) is 0. The fraction of sp³-hybridized carbons (Fsp3) is 0.533. The van der Waals surface area contributed by atoms with E-state index >= 15 is 0 Å². The Morgan fingerprint density at radius 3 is 2.19 bits per heavy atom. The van der Waals surface area contributed by atoms with Gasteiger partial charge in [0.25, 0.3) is 0 Å². The largest absolute Gasteiger partial charge is 0.294 e. The SMILES string of the molecule is Cc1cc(C)cc(C(=O)C2C3CCCC32)c1. The van der Waals surface area contributed by atoms with Gasteiger partial charge in [0.15, 0.2) is 5.78 Å². The van der Waals surface area contributed by atoms with Crippen LogP contribution >= 0.6 is 0 Å². The topological polar surface area (TPSA) is 17.1 Å². The second kappa shape index (κ2) is 3.44. The van der Waals surface area contributed by atoms with Gasteiger partial charge in [0.1, 0.15) is 0 Å². The summed E-state index contributed by atoms with van der Waals surface area (Å²) in [6.45, 7) is 4.13. The third-order valence-electron chi connectivity index (χ3n) is 4.22. The Labute approximate surface area is 96.9 Å². The molecule has 3 rings (SSSR count). The summed E-state index contributed by atoms with van der Waals surface area (Å²) in [7, 11) is 0. The maximum absolute atomic E-state index is 12.3. The molecule has 2 fully saturated rings. The van der Waals surface area contributed by atoms with Crippen LogP contribution < -0.4 is 0 Å². The summed E-state index contributed by atoms with van der Waals surface area (Å²) in [5.74, 6) is 2.23. The van der Waals surface area contributed by atoms with Crippen molar-refractivity contribution in [3.8, 4) is 0 Å². The number of rotatable bonds is 2. The Kier molecular flexibility index (Phi) is 2.17. The van der Waals surface area contributed by atoms with Crippen LogP contribution in [0.3, 0.4) is 0 Å². The highest BCUT2D eigenvalue weighted by Crippen LogP contribution is 2.58. The molecule has 2 aliphatic rings. The first kappa shape index (κ1) is 10.1. The molecule has 2 atom stereocenters. The Morgan fingerprint density at radius 2 is 1.62 bits per heavy atom. The van der Waals surface area contributed by atoms with E-state index in [1.54, 1.807) is 0 Å². The van der Waals surface area contributed by atoms with Gasteiger partial charge in [-0.05, 0) is 50.7 Å². The minimum Gasteiger partial charge on any atom is -0.294 e. The molecule has 2 unspecified atom stereocenters. The van der Waals surface area contributed by atoms with Crippen molar-refractivity contribution in [1.82, 2.24) is 0 Å². The molecule has 16 heavy (non-hydrogen) atoms. The number of carbonyl (C=O) groups excluding carboxylic acids is 1. The van der Waals surface area contributed by atoms with Crippen molar-refractivity contribution in [3.05, 3.63) is 34.9 Å². The van der Waals surface area contributed by atoms with Gasteiger partial charge in [-0.3, -0.25) is 4.79 Å². The highest BCUT2D eigenvalue weighted by atomic mass is 16.1. The van der Waals surface area contributed by atoms with E-state index in [1.165, 1.54) is 30.4 Å². The van der Waals surface area contributed by atoms with Crippen molar-refractivity contribution >= 4 is 5.78 Å². The van der Waals surface area contributed by atoms with Gasteiger partial charge in [-0.15, -0.1) is 0 Å². The lowest BCUT2D eigenvalue weighted by atomic mass is 9.98. The smallest absolute Gasteiger partial charge is 0.166 e. The zero-order valence-corrected chi connectivity index (χ0v) is 9.99. The van der Waals surface area contributed by atoms with Crippen LogP contribution in [0.15, 0.2) is 18.2 Å². The molecule has 0 aromatic heterocycles. The van der Waals surface area contributed by atoms with Crippen LogP contribution in [0.4, 0.5) is 0 Å². The first-order valence-corrected chi connectivity index (χ1v) is 6.29. The van der Waals surface area contributed by atoms with Crippen LogP contribution in [0, 0.1) is 31.6 Å². The third kappa shape index (κ3) is 1.50. The van der Waals surface area contributed by atoms with Gasteiger partial charge in [0.05, 0.1) is 0 Å². The van der Waals surface area contributed by atoms with E-state index in [1.807, 2.05) is 12.1 Å². The van der Waals surface area contributed by atoms with E-state index in [9.17, 15) is 4.79 Å². The van der Waals surface area contributed by atoms with Crippen molar-refractivity contribution < 1.29 is 4.79 Å². The molecule has 0 spiro atoms. The maximum Gasteiger partial charge on any atom is 0.166 e. The Morgan fingerprint density at radius 1 is 1.06 bits per heavy atom. The molecule has 0 radical (unpaired) electrons. The highest BCUT2D eigenvalue weighted by Gasteiger charge is 2.56. The molecule has 1 aromatic carbocycles. The molecule has 2 saturated carbocycles. The first-order valence-electron chi connectivity index (χ1n) is 6.29.